The SMILES string of the molecule is CC[C@H](C)C(C[C@@H](O)CC(=O)O[C@@H]1[C@H](O)[C@@H](O[C@@H]2O[C@@H](C)[C@H](O[C@@H]3OC[C@@H](O)[C@H](O)C3O)C(O[C@H]3O[C@@H](CO)[C@H](O)[C@@H](O)[C@@H]3O)[C@H]2O)[C@H](OC(=O)[C@]23CCC(C)(C)C[C@@]2(C)C2=CCC4[C@@]5(C)CC[C@H](O[C@@H]6O[C@H](C(=O)O)[C@@H](O)[C@H](O)[C@H]6O)[C@@](C)(C=O)C5CC[C@@]4(C)[C@]2(C)C[C@H]3O)O[C@@H]1C)OC(=O)C[C@H](O)CC(O[C@H]1O[C@H](CO)[C@@H](O)[C@@H]1O)[C@@H](C)CC. The highest BCUT2D eigenvalue weighted by Crippen LogP contribution is 2.79. The number of carbonyl (C=O) groups excluding carboxylic acids is 4. The number of aliphatic carboxylic acids is 1. The van der Waals surface area contributed by atoms with Gasteiger partial charge in [-0.3, -0.25) is 14.4 Å². The van der Waals surface area contributed by atoms with Crippen molar-refractivity contribution in [3.8, 4) is 0 Å². The molecule has 0 aromatic carbocycles. The van der Waals surface area contributed by atoms with Gasteiger partial charge in [0.15, 0.2) is 49.8 Å². The Morgan fingerprint density at radius 3 is 1.69 bits per heavy atom. The number of hydrogen-bond donors (Lipinski definition) is 19. The summed E-state index contributed by atoms with van der Waals surface area (Å²) >= 11 is 0. The van der Waals surface area contributed by atoms with Gasteiger partial charge >= 0.3 is 23.9 Å². The zero-order valence-corrected chi connectivity index (χ0v) is 71.1. The summed E-state index contributed by atoms with van der Waals surface area (Å²) in [5.41, 5.74) is -6.22. The first kappa shape index (κ1) is 97.7. The maximum absolute atomic E-state index is 16.5. The summed E-state index contributed by atoms with van der Waals surface area (Å²) in [6, 6.07) is 0. The molecule has 121 heavy (non-hydrogen) atoms. The summed E-state index contributed by atoms with van der Waals surface area (Å²) in [5, 5.41) is 211. The third kappa shape index (κ3) is 18.3. The lowest BCUT2D eigenvalue weighted by atomic mass is 9.31. The van der Waals surface area contributed by atoms with Gasteiger partial charge in [0.05, 0.1) is 80.8 Å². The number of hydrogen-bond acceptors (Lipinski definition) is 37. The Bertz CT molecular complexity index is 3560. The Labute approximate surface area is 702 Å². The van der Waals surface area contributed by atoms with Crippen molar-refractivity contribution < 1.29 is 187 Å². The Balaban J connectivity index is 0.875. The fourth-order valence-electron chi connectivity index (χ4n) is 22.6. The van der Waals surface area contributed by atoms with Crippen LogP contribution in [0.25, 0.3) is 0 Å². The Morgan fingerprint density at radius 1 is 0.537 bits per heavy atom. The van der Waals surface area contributed by atoms with Crippen molar-refractivity contribution in [1.29, 1.82) is 0 Å². The predicted molar refractivity (Wildman–Crippen MR) is 409 cm³/mol. The quantitative estimate of drug-likeness (QED) is 0.0119. The summed E-state index contributed by atoms with van der Waals surface area (Å²) in [7, 11) is 0. The van der Waals surface area contributed by atoms with Crippen LogP contribution in [0.2, 0.25) is 0 Å². The minimum atomic E-state index is -2.26. The van der Waals surface area contributed by atoms with Crippen LogP contribution in [0.15, 0.2) is 11.6 Å². The van der Waals surface area contributed by atoms with Crippen LogP contribution in [0, 0.1) is 61.6 Å². The van der Waals surface area contributed by atoms with E-state index in [1.165, 1.54) is 13.8 Å². The number of esters is 3. The number of aldehydes is 1. The zero-order chi connectivity index (χ0) is 89.4. The molecule has 6 unspecified atom stereocenters. The summed E-state index contributed by atoms with van der Waals surface area (Å²) in [6.45, 7) is 22.0. The first-order chi connectivity index (χ1) is 56.6. The average Bonchev–Trinajstić information content (AvgIpc) is 0.672. The molecule has 6 heterocycles. The van der Waals surface area contributed by atoms with Gasteiger partial charge in [-0.25, -0.2) is 4.79 Å². The third-order valence-electron chi connectivity index (χ3n) is 30.3. The molecule has 44 atom stereocenters. The van der Waals surface area contributed by atoms with E-state index < -0.39 is 309 Å². The lowest BCUT2D eigenvalue weighted by Crippen LogP contribution is -2.71. The summed E-state index contributed by atoms with van der Waals surface area (Å²) in [6.07, 6.45) is -53.5. The van der Waals surface area contributed by atoms with Crippen LogP contribution in [0.1, 0.15) is 186 Å². The lowest BCUT2D eigenvalue weighted by Gasteiger charge is -2.73. The fraction of sp³-hybridized carbons (Fsp3) is 0.916. The van der Waals surface area contributed by atoms with Crippen LogP contribution in [0.5, 0.6) is 0 Å². The van der Waals surface area contributed by atoms with Crippen LogP contribution in [0.4, 0.5) is 0 Å². The number of carbonyl (C=O) groups is 5. The molecule has 11 rings (SSSR count). The molecule has 11 aliphatic rings. The van der Waals surface area contributed by atoms with E-state index >= 15 is 4.79 Å². The van der Waals surface area contributed by atoms with E-state index in [4.69, 9.17) is 66.3 Å². The molecule has 0 radical (unpaired) electrons. The Kier molecular flexibility index (Phi) is 30.7. The van der Waals surface area contributed by atoms with Gasteiger partial charge in [0.2, 0.25) is 6.29 Å². The zero-order valence-electron chi connectivity index (χ0n) is 71.1. The second-order valence-electron chi connectivity index (χ2n) is 38.4. The summed E-state index contributed by atoms with van der Waals surface area (Å²) < 4.78 is 85.1. The van der Waals surface area contributed by atoms with Crippen molar-refractivity contribution >= 4 is 30.2 Å². The van der Waals surface area contributed by atoms with E-state index in [1.807, 2.05) is 20.8 Å². The van der Waals surface area contributed by atoms with Crippen LogP contribution < -0.4 is 0 Å². The number of fused-ring (bicyclic) bond motifs is 7. The first-order valence-electron chi connectivity index (χ1n) is 42.9. The van der Waals surface area contributed by atoms with Gasteiger partial charge in [-0.05, 0) is 117 Å². The van der Waals surface area contributed by atoms with Crippen molar-refractivity contribution in [1.82, 2.24) is 0 Å². The van der Waals surface area contributed by atoms with Crippen LogP contribution in [0.3, 0.4) is 0 Å². The number of aliphatic hydroxyl groups excluding tert-OH is 18. The van der Waals surface area contributed by atoms with E-state index in [0.29, 0.717) is 51.4 Å². The number of allylic oxidation sites excluding steroid dienone is 2. The second-order valence-corrected chi connectivity index (χ2v) is 38.4. The molecule has 10 fully saturated rings. The molecule has 0 bridgehead atoms. The lowest BCUT2D eigenvalue weighted by molar-refractivity contribution is -0.395. The molecule has 6 aliphatic heterocycles. The predicted octanol–water partition coefficient (Wildman–Crippen LogP) is -2.22. The number of aliphatic hydroxyl groups is 18. The van der Waals surface area contributed by atoms with Gasteiger partial charge in [-0.1, -0.05) is 101 Å². The minimum absolute atomic E-state index is 0.00996. The molecular formula is C83H134O38. The van der Waals surface area contributed by atoms with Gasteiger partial charge < -0.3 is 168 Å². The standard InChI is InChI=1S/C83H134O38/c1-14-34(3)41(111-50(91)26-39(88)25-42(35(4)15-2)112-71-59(100)54(95)44(30-85)113-71)24-38(87)27-51(92)116-64-36(5)110-75(68(62(64)103)120-74-63(104)66(118-72-60(101)55(96)53(94)43(29-84)114-72)65(37(6)109-74)117-70-58(99)52(93)40(89)31-108-70)121-76(107)83-23-22-77(7,8)32-82(83,13)47-17-16-46-78(9)20-19-49(115-73-61(102)56(97)57(98)67(119-73)69(105)106)79(10,33-86)45(78)18-21-80(46,11)81(47,12)28-48(83)90/h17,33-46,48-49,52-68,70-75,84-85,87-90,93-104H,14-16,18-32H2,1-13H3,(H,105,106)/t34-,35-,36+,37-,38+,39+,40+,41?,42?,43-,44+,45?,46?,48+,49-,52-,53-,54+,55+,56-,57-,58?,59-,60-,61+,62-,63+,64-,65-,66?,67-,68+,70-,71-,72+,73+,74-,75-,78-,79-,80+,81+,82-,83+/m0/s1. The van der Waals surface area contributed by atoms with Gasteiger partial charge in [0.1, 0.15) is 122 Å². The van der Waals surface area contributed by atoms with Crippen molar-refractivity contribution in [2.75, 3.05) is 19.8 Å². The summed E-state index contributed by atoms with van der Waals surface area (Å²) in [5.74, 6) is -5.95. The van der Waals surface area contributed by atoms with E-state index in [1.54, 1.807) is 20.8 Å². The molecule has 38 heteroatoms. The highest BCUT2D eigenvalue weighted by molar-refractivity contribution is 5.81. The topological polar surface area (TPSA) is 599 Å². The van der Waals surface area contributed by atoms with Gasteiger partial charge in [0, 0.05) is 18.3 Å². The maximum atomic E-state index is 16.5. The van der Waals surface area contributed by atoms with Crippen LogP contribution in [-0.4, -0.2) is 356 Å². The first-order valence-corrected chi connectivity index (χ1v) is 42.9. The largest absolute Gasteiger partial charge is 0.479 e. The number of rotatable bonds is 30. The van der Waals surface area contributed by atoms with Crippen molar-refractivity contribution in [2.45, 2.75) is 395 Å². The molecular weight excluding hydrogens is 1600 g/mol. The van der Waals surface area contributed by atoms with Crippen molar-refractivity contribution in [3.05, 3.63) is 11.6 Å². The van der Waals surface area contributed by atoms with E-state index in [-0.39, 0.29) is 49.9 Å². The average molecular weight is 1740 g/mol. The summed E-state index contributed by atoms with van der Waals surface area (Å²) in [4.78, 5) is 70.6. The Morgan fingerprint density at radius 2 is 1.07 bits per heavy atom. The molecule has 6 saturated heterocycles. The highest BCUT2D eigenvalue weighted by Gasteiger charge is 2.76. The van der Waals surface area contributed by atoms with Gasteiger partial charge in [0.25, 0.3) is 0 Å². The number of ether oxygens (including phenoxy) is 14. The number of carboxylic acids is 1. The van der Waals surface area contributed by atoms with E-state index in [2.05, 4.69) is 40.7 Å². The van der Waals surface area contributed by atoms with Crippen LogP contribution >= 0.6 is 0 Å². The highest BCUT2D eigenvalue weighted by atomic mass is 16.8. The molecule has 5 aliphatic carbocycles. The molecule has 0 aromatic rings. The van der Waals surface area contributed by atoms with E-state index in [9.17, 15) is 116 Å². The van der Waals surface area contributed by atoms with Gasteiger partial charge in [-0.2, -0.15) is 0 Å². The number of carboxylic acid groups (broad SMARTS) is 1. The molecule has 0 spiro atoms. The molecule has 694 valence electrons. The monoisotopic (exact) mass is 1740 g/mol. The fourth-order valence-corrected chi connectivity index (χ4v) is 22.6. The van der Waals surface area contributed by atoms with Crippen molar-refractivity contribution in [3.63, 3.8) is 0 Å². The normalized spacial score (nSPS) is 48.2. The second kappa shape index (κ2) is 38.1. The van der Waals surface area contributed by atoms with E-state index in [0.717, 1.165) is 11.9 Å². The Hall–Kier alpha value is -3.87. The maximum Gasteiger partial charge on any atom is 0.335 e. The third-order valence-corrected chi connectivity index (χ3v) is 30.3. The molecule has 19 N–H and O–H groups in total. The molecule has 38 nitrogen and oxygen atoms in total. The van der Waals surface area contributed by atoms with Crippen LogP contribution in [-0.2, 0) is 90.3 Å². The molecule has 4 saturated carbocycles. The smallest absolute Gasteiger partial charge is 0.335 e. The minimum Gasteiger partial charge on any atom is -0.479 e. The van der Waals surface area contributed by atoms with Gasteiger partial charge in [-0.15, -0.1) is 0 Å². The van der Waals surface area contributed by atoms with Crippen molar-refractivity contribution in [2.24, 2.45) is 61.6 Å². The molecule has 0 amide bonds. The molecule has 0 aromatic heterocycles.